The highest BCUT2D eigenvalue weighted by atomic mass is 19.4. The van der Waals surface area contributed by atoms with Crippen molar-refractivity contribution in [3.8, 4) is 0 Å². The molecule has 12 heteroatoms. The molecule has 0 atom stereocenters. The van der Waals surface area contributed by atoms with E-state index in [0.717, 1.165) is 48.7 Å². The van der Waals surface area contributed by atoms with Crippen molar-refractivity contribution in [1.29, 1.82) is 0 Å². The molecule has 9 nitrogen and oxygen atoms in total. The second-order valence-electron chi connectivity index (χ2n) is 9.53. The number of aromatic nitrogens is 6. The molecule has 3 aromatic heterocycles. The van der Waals surface area contributed by atoms with Crippen molar-refractivity contribution in [2.75, 3.05) is 49.2 Å². The molecule has 0 radical (unpaired) electrons. The van der Waals surface area contributed by atoms with Crippen molar-refractivity contribution in [3.05, 3.63) is 29.5 Å². The summed E-state index contributed by atoms with van der Waals surface area (Å²) in [4.78, 5) is 21.4. The van der Waals surface area contributed by atoms with E-state index in [2.05, 4.69) is 26.8 Å². The third-order valence-electron chi connectivity index (χ3n) is 7.03. The van der Waals surface area contributed by atoms with Gasteiger partial charge in [0, 0.05) is 43.9 Å². The van der Waals surface area contributed by atoms with E-state index in [0.29, 0.717) is 38.1 Å². The van der Waals surface area contributed by atoms with Crippen LogP contribution in [0.3, 0.4) is 0 Å². The molecule has 180 valence electrons. The molecule has 0 amide bonds. The van der Waals surface area contributed by atoms with Gasteiger partial charge in [-0.05, 0) is 19.8 Å². The summed E-state index contributed by atoms with van der Waals surface area (Å²) in [6, 6.07) is 1.24. The quantitative estimate of drug-likeness (QED) is 0.571. The number of alkyl halides is 3. The van der Waals surface area contributed by atoms with Crippen molar-refractivity contribution in [2.45, 2.75) is 38.9 Å². The molecule has 0 unspecified atom stereocenters. The Balaban J connectivity index is 1.20. The SMILES string of the molecule is CCc1nn(C2COC2)c2nc(N3CCC4(CN(c5cc(C(F)(F)F)nc(C)n5)C4)C3)ncc12. The molecule has 3 saturated heterocycles. The van der Waals surface area contributed by atoms with Crippen molar-refractivity contribution in [1.82, 2.24) is 29.7 Å². The Hall–Kier alpha value is -3.02. The van der Waals surface area contributed by atoms with Crippen molar-refractivity contribution in [3.63, 3.8) is 0 Å². The van der Waals surface area contributed by atoms with Gasteiger partial charge >= 0.3 is 6.18 Å². The predicted molar refractivity (Wildman–Crippen MR) is 118 cm³/mol. The summed E-state index contributed by atoms with van der Waals surface area (Å²) in [6.45, 7) is 7.70. The van der Waals surface area contributed by atoms with Crippen LogP contribution >= 0.6 is 0 Å². The van der Waals surface area contributed by atoms with Crippen LogP contribution < -0.4 is 9.80 Å². The first-order valence-electron chi connectivity index (χ1n) is 11.5. The number of nitrogens with zero attached hydrogens (tertiary/aromatic N) is 8. The van der Waals surface area contributed by atoms with Crippen LogP contribution in [0.1, 0.15) is 36.6 Å². The Morgan fingerprint density at radius 1 is 1.12 bits per heavy atom. The zero-order chi connectivity index (χ0) is 23.7. The van der Waals surface area contributed by atoms with Crippen LogP contribution in [0.4, 0.5) is 24.9 Å². The Labute approximate surface area is 194 Å². The zero-order valence-corrected chi connectivity index (χ0v) is 19.0. The number of ether oxygens (including phenoxy) is 1. The van der Waals surface area contributed by atoms with E-state index < -0.39 is 11.9 Å². The summed E-state index contributed by atoms with van der Waals surface area (Å²) in [7, 11) is 0. The molecule has 1 spiro atoms. The fourth-order valence-electron chi connectivity index (χ4n) is 5.15. The number of hydrogen-bond acceptors (Lipinski definition) is 8. The van der Waals surface area contributed by atoms with Crippen molar-refractivity contribution >= 4 is 22.8 Å². The van der Waals surface area contributed by atoms with E-state index in [1.54, 1.807) is 0 Å². The molecule has 3 aliphatic heterocycles. The lowest BCUT2D eigenvalue weighted by atomic mass is 9.79. The van der Waals surface area contributed by atoms with Crippen LogP contribution in [0.2, 0.25) is 0 Å². The van der Waals surface area contributed by atoms with Crippen LogP contribution in [0.15, 0.2) is 12.3 Å². The molecule has 0 N–H and O–H groups in total. The van der Waals surface area contributed by atoms with Crippen LogP contribution in [0, 0.1) is 12.3 Å². The zero-order valence-electron chi connectivity index (χ0n) is 19.0. The Bertz CT molecular complexity index is 1250. The van der Waals surface area contributed by atoms with E-state index in [-0.39, 0.29) is 17.3 Å². The van der Waals surface area contributed by atoms with Crippen LogP contribution in [-0.2, 0) is 17.3 Å². The molecule has 34 heavy (non-hydrogen) atoms. The fourth-order valence-corrected chi connectivity index (χ4v) is 5.15. The minimum atomic E-state index is -4.49. The highest BCUT2D eigenvalue weighted by Crippen LogP contribution is 2.43. The summed E-state index contributed by atoms with van der Waals surface area (Å²) < 4.78 is 46.8. The lowest BCUT2D eigenvalue weighted by Crippen LogP contribution is -2.58. The highest BCUT2D eigenvalue weighted by Gasteiger charge is 2.49. The predicted octanol–water partition coefficient (Wildman–Crippen LogP) is 2.79. The van der Waals surface area contributed by atoms with E-state index >= 15 is 0 Å². The first-order chi connectivity index (χ1) is 16.2. The number of fused-ring (bicyclic) bond motifs is 1. The van der Waals surface area contributed by atoms with Crippen LogP contribution in [0.5, 0.6) is 0 Å². The molecule has 6 rings (SSSR count). The van der Waals surface area contributed by atoms with Gasteiger partial charge < -0.3 is 14.5 Å². The first kappa shape index (κ1) is 21.5. The lowest BCUT2D eigenvalue weighted by Gasteiger charge is -2.48. The van der Waals surface area contributed by atoms with Gasteiger partial charge in [0.15, 0.2) is 5.65 Å². The van der Waals surface area contributed by atoms with Crippen LogP contribution in [-0.4, -0.2) is 69.1 Å². The lowest BCUT2D eigenvalue weighted by molar-refractivity contribution is -0.141. The average Bonchev–Trinajstić information content (AvgIpc) is 3.33. The molecular weight excluding hydrogens is 449 g/mol. The number of rotatable bonds is 4. The molecule has 3 aliphatic rings. The van der Waals surface area contributed by atoms with Gasteiger partial charge in [-0.3, -0.25) is 0 Å². The van der Waals surface area contributed by atoms with Crippen LogP contribution in [0.25, 0.3) is 11.0 Å². The monoisotopic (exact) mass is 474 g/mol. The largest absolute Gasteiger partial charge is 0.433 e. The van der Waals surface area contributed by atoms with Crippen molar-refractivity contribution in [2.24, 2.45) is 5.41 Å². The van der Waals surface area contributed by atoms with Gasteiger partial charge in [-0.1, -0.05) is 6.92 Å². The highest BCUT2D eigenvalue weighted by molar-refractivity contribution is 5.78. The molecule has 6 heterocycles. The van der Waals surface area contributed by atoms with Gasteiger partial charge in [-0.15, -0.1) is 0 Å². The number of halogens is 3. The summed E-state index contributed by atoms with van der Waals surface area (Å²) >= 11 is 0. The number of hydrogen-bond donors (Lipinski definition) is 0. The fraction of sp³-hybridized carbons (Fsp3) is 0.591. The third-order valence-corrected chi connectivity index (χ3v) is 7.03. The summed E-state index contributed by atoms with van der Waals surface area (Å²) in [5.74, 6) is 1.13. The van der Waals surface area contributed by atoms with Gasteiger partial charge in [0.05, 0.1) is 24.3 Å². The standard InChI is InChI=1S/C22H25F3N8O/c1-3-16-15-7-26-20(29-19(15)33(30-16)14-8-34-9-14)31-5-4-21(10-31)11-32(12-21)18-6-17(22(23,24)25)27-13(2)28-18/h6-7,14H,3-5,8-12H2,1-2H3. The molecular formula is C22H25F3N8O. The summed E-state index contributed by atoms with van der Waals surface area (Å²) in [5, 5.41) is 5.72. The van der Waals surface area contributed by atoms with Gasteiger partial charge in [-0.25, -0.2) is 19.6 Å². The minimum Gasteiger partial charge on any atom is -0.377 e. The van der Waals surface area contributed by atoms with Gasteiger partial charge in [0.25, 0.3) is 0 Å². The maximum Gasteiger partial charge on any atom is 0.433 e. The van der Waals surface area contributed by atoms with Gasteiger partial charge in [-0.2, -0.15) is 23.3 Å². The molecule has 3 fully saturated rings. The van der Waals surface area contributed by atoms with E-state index in [9.17, 15) is 13.2 Å². The molecule has 0 bridgehead atoms. The minimum absolute atomic E-state index is 0.00774. The first-order valence-corrected chi connectivity index (χ1v) is 11.5. The Morgan fingerprint density at radius 3 is 2.56 bits per heavy atom. The summed E-state index contributed by atoms with van der Waals surface area (Å²) in [6.07, 6.45) is -0.890. The topological polar surface area (TPSA) is 85.1 Å². The number of anilines is 2. The maximum atomic E-state index is 13.2. The molecule has 3 aromatic rings. The third kappa shape index (κ3) is 3.46. The Kier molecular flexibility index (Phi) is 4.74. The maximum absolute atomic E-state index is 13.2. The van der Waals surface area contributed by atoms with Crippen molar-refractivity contribution < 1.29 is 17.9 Å². The van der Waals surface area contributed by atoms with Gasteiger partial charge in [0.1, 0.15) is 23.4 Å². The normalized spacial score (nSPS) is 20.3. The average molecular weight is 474 g/mol. The molecule has 0 aliphatic carbocycles. The molecule has 0 saturated carbocycles. The second kappa shape index (κ2) is 7.49. The second-order valence-corrected chi connectivity index (χ2v) is 9.53. The van der Waals surface area contributed by atoms with E-state index in [1.807, 2.05) is 15.8 Å². The Morgan fingerprint density at radius 2 is 1.88 bits per heavy atom. The number of aryl methyl sites for hydroxylation is 2. The van der Waals surface area contributed by atoms with Gasteiger partial charge in [0.2, 0.25) is 5.95 Å². The van der Waals surface area contributed by atoms with E-state index in [4.69, 9.17) is 14.8 Å². The smallest absolute Gasteiger partial charge is 0.377 e. The summed E-state index contributed by atoms with van der Waals surface area (Å²) in [5.41, 5.74) is 0.916. The molecule has 0 aromatic carbocycles. The van der Waals surface area contributed by atoms with E-state index in [1.165, 1.54) is 6.92 Å².